The molecule has 0 aliphatic rings. The summed E-state index contributed by atoms with van der Waals surface area (Å²) in [5.41, 5.74) is 3.53. The van der Waals surface area contributed by atoms with Crippen molar-refractivity contribution in [3.8, 4) is 5.75 Å². The first-order valence-corrected chi connectivity index (χ1v) is 6.28. The molecule has 0 atom stereocenters. The molecule has 0 aliphatic heterocycles. The number of nitrogens with zero attached hydrogens (tertiary/aromatic N) is 2. The molecule has 3 heteroatoms. The highest BCUT2D eigenvalue weighted by Gasteiger charge is 2.07. The van der Waals surface area contributed by atoms with Crippen molar-refractivity contribution in [3.63, 3.8) is 0 Å². The van der Waals surface area contributed by atoms with Crippen LogP contribution in [-0.2, 0) is 6.61 Å². The van der Waals surface area contributed by atoms with Crippen molar-refractivity contribution >= 4 is 0 Å². The molecule has 2 rings (SSSR count). The molecule has 3 nitrogen and oxygen atoms in total. The summed E-state index contributed by atoms with van der Waals surface area (Å²) in [4.78, 5) is 4.18. The molecule has 18 heavy (non-hydrogen) atoms. The van der Waals surface area contributed by atoms with Gasteiger partial charge in [-0.25, -0.2) is 4.98 Å². The van der Waals surface area contributed by atoms with Crippen LogP contribution in [0.25, 0.3) is 0 Å². The standard InChI is InChI=1S/C15H20N2O/c1-11(2)17-10-16-8-14(17)9-18-15-6-5-12(3)7-13(15)4/h5-8,10-11H,9H2,1-4H3. The number of ether oxygens (including phenoxy) is 1. The molecule has 0 N–H and O–H groups in total. The first-order valence-electron chi connectivity index (χ1n) is 6.28. The van der Waals surface area contributed by atoms with E-state index in [1.54, 1.807) is 0 Å². The summed E-state index contributed by atoms with van der Waals surface area (Å²) in [6.45, 7) is 9.00. The highest BCUT2D eigenvalue weighted by atomic mass is 16.5. The van der Waals surface area contributed by atoms with E-state index in [1.807, 2.05) is 18.6 Å². The summed E-state index contributed by atoms with van der Waals surface area (Å²) in [5.74, 6) is 0.942. The van der Waals surface area contributed by atoms with Gasteiger partial charge in [-0.1, -0.05) is 17.7 Å². The molecule has 0 radical (unpaired) electrons. The molecule has 1 heterocycles. The summed E-state index contributed by atoms with van der Waals surface area (Å²) in [6.07, 6.45) is 3.72. The van der Waals surface area contributed by atoms with Crippen LogP contribution in [0.4, 0.5) is 0 Å². The van der Waals surface area contributed by atoms with E-state index in [4.69, 9.17) is 4.74 Å². The zero-order chi connectivity index (χ0) is 13.1. The Labute approximate surface area is 108 Å². The third-order valence-corrected chi connectivity index (χ3v) is 3.01. The van der Waals surface area contributed by atoms with Gasteiger partial charge >= 0.3 is 0 Å². The third kappa shape index (κ3) is 2.73. The van der Waals surface area contributed by atoms with Gasteiger partial charge in [0, 0.05) is 6.04 Å². The Morgan fingerprint density at radius 3 is 2.72 bits per heavy atom. The summed E-state index contributed by atoms with van der Waals surface area (Å²) in [5, 5.41) is 0. The number of rotatable bonds is 4. The normalized spacial score (nSPS) is 10.9. The molecule has 1 aromatic carbocycles. The molecular weight excluding hydrogens is 224 g/mol. The molecule has 0 spiro atoms. The van der Waals surface area contributed by atoms with Gasteiger partial charge in [0.05, 0.1) is 18.2 Å². The molecule has 0 unspecified atom stereocenters. The molecule has 0 fully saturated rings. The van der Waals surface area contributed by atoms with Gasteiger partial charge < -0.3 is 9.30 Å². The van der Waals surface area contributed by atoms with Gasteiger partial charge in [0.1, 0.15) is 12.4 Å². The zero-order valence-corrected chi connectivity index (χ0v) is 11.5. The lowest BCUT2D eigenvalue weighted by Gasteiger charge is -2.13. The second-order valence-corrected chi connectivity index (χ2v) is 4.94. The van der Waals surface area contributed by atoms with Crippen LogP contribution in [0, 0.1) is 13.8 Å². The number of hydrogen-bond acceptors (Lipinski definition) is 2. The quantitative estimate of drug-likeness (QED) is 0.820. The molecule has 0 amide bonds. The molecule has 2 aromatic rings. The Bertz CT molecular complexity index is 529. The van der Waals surface area contributed by atoms with Gasteiger partial charge in [-0.15, -0.1) is 0 Å². The van der Waals surface area contributed by atoms with E-state index in [-0.39, 0.29) is 0 Å². The fourth-order valence-corrected chi connectivity index (χ4v) is 2.02. The predicted octanol–water partition coefficient (Wildman–Crippen LogP) is 3.66. The average molecular weight is 244 g/mol. The molecule has 0 saturated carbocycles. The van der Waals surface area contributed by atoms with E-state index in [1.165, 1.54) is 11.1 Å². The largest absolute Gasteiger partial charge is 0.487 e. The lowest BCUT2D eigenvalue weighted by atomic mass is 10.1. The second kappa shape index (κ2) is 5.25. The van der Waals surface area contributed by atoms with E-state index in [9.17, 15) is 0 Å². The van der Waals surface area contributed by atoms with Crippen molar-refractivity contribution in [3.05, 3.63) is 47.5 Å². The molecule has 1 aromatic heterocycles. The van der Waals surface area contributed by atoms with Crippen LogP contribution in [0.15, 0.2) is 30.7 Å². The maximum Gasteiger partial charge on any atom is 0.130 e. The number of hydrogen-bond donors (Lipinski definition) is 0. The number of benzene rings is 1. The molecule has 0 bridgehead atoms. The number of imidazole rings is 1. The molecule has 0 saturated heterocycles. The molecular formula is C15H20N2O. The smallest absolute Gasteiger partial charge is 0.130 e. The van der Waals surface area contributed by atoms with Gasteiger partial charge in [0.15, 0.2) is 0 Å². The fraction of sp³-hybridized carbons (Fsp3) is 0.400. The topological polar surface area (TPSA) is 27.1 Å². The van der Waals surface area contributed by atoms with E-state index >= 15 is 0 Å². The van der Waals surface area contributed by atoms with Crippen molar-refractivity contribution in [1.29, 1.82) is 0 Å². The van der Waals surface area contributed by atoms with Crippen LogP contribution in [0.1, 0.15) is 36.7 Å². The van der Waals surface area contributed by atoms with Crippen LogP contribution in [-0.4, -0.2) is 9.55 Å². The van der Waals surface area contributed by atoms with Crippen LogP contribution < -0.4 is 4.74 Å². The summed E-state index contributed by atoms with van der Waals surface area (Å²) in [7, 11) is 0. The Balaban J connectivity index is 2.09. The van der Waals surface area contributed by atoms with Gasteiger partial charge in [-0.05, 0) is 39.3 Å². The summed E-state index contributed by atoms with van der Waals surface area (Å²) in [6, 6.07) is 6.64. The monoisotopic (exact) mass is 244 g/mol. The SMILES string of the molecule is Cc1ccc(OCc2cncn2C(C)C)c(C)c1. The first kappa shape index (κ1) is 12.7. The van der Waals surface area contributed by atoms with Gasteiger partial charge in [-0.2, -0.15) is 0 Å². The number of aryl methyl sites for hydroxylation is 2. The van der Waals surface area contributed by atoms with Gasteiger partial charge in [0.2, 0.25) is 0 Å². The van der Waals surface area contributed by atoms with Crippen molar-refractivity contribution < 1.29 is 4.74 Å². The Hall–Kier alpha value is -1.77. The Kier molecular flexibility index (Phi) is 3.70. The van der Waals surface area contributed by atoms with Crippen molar-refractivity contribution in [2.75, 3.05) is 0 Å². The highest BCUT2D eigenvalue weighted by molar-refractivity contribution is 5.35. The molecule has 0 aliphatic carbocycles. The second-order valence-electron chi connectivity index (χ2n) is 4.94. The minimum Gasteiger partial charge on any atom is -0.487 e. The van der Waals surface area contributed by atoms with E-state index in [0.29, 0.717) is 12.6 Å². The maximum atomic E-state index is 5.87. The van der Waals surface area contributed by atoms with Crippen LogP contribution in [0.5, 0.6) is 5.75 Å². The number of aromatic nitrogens is 2. The van der Waals surface area contributed by atoms with Crippen LogP contribution in [0.3, 0.4) is 0 Å². The van der Waals surface area contributed by atoms with E-state index in [2.05, 4.69) is 49.4 Å². The highest BCUT2D eigenvalue weighted by Crippen LogP contribution is 2.20. The maximum absolute atomic E-state index is 5.87. The predicted molar refractivity (Wildman–Crippen MR) is 72.9 cm³/mol. The first-order chi connectivity index (χ1) is 8.58. The zero-order valence-electron chi connectivity index (χ0n) is 11.5. The van der Waals surface area contributed by atoms with Crippen molar-refractivity contribution in [2.24, 2.45) is 0 Å². The van der Waals surface area contributed by atoms with Crippen molar-refractivity contribution in [1.82, 2.24) is 9.55 Å². The lowest BCUT2D eigenvalue weighted by molar-refractivity contribution is 0.290. The van der Waals surface area contributed by atoms with E-state index in [0.717, 1.165) is 11.4 Å². The Morgan fingerprint density at radius 2 is 2.06 bits per heavy atom. The lowest BCUT2D eigenvalue weighted by Crippen LogP contribution is -2.07. The minimum atomic E-state index is 0.408. The van der Waals surface area contributed by atoms with Crippen LogP contribution in [0.2, 0.25) is 0 Å². The summed E-state index contributed by atoms with van der Waals surface area (Å²) < 4.78 is 7.99. The minimum absolute atomic E-state index is 0.408. The molecule has 96 valence electrons. The van der Waals surface area contributed by atoms with Crippen LogP contribution >= 0.6 is 0 Å². The third-order valence-electron chi connectivity index (χ3n) is 3.01. The van der Waals surface area contributed by atoms with Crippen molar-refractivity contribution in [2.45, 2.75) is 40.3 Å². The van der Waals surface area contributed by atoms with E-state index < -0.39 is 0 Å². The fourth-order valence-electron chi connectivity index (χ4n) is 2.02. The Morgan fingerprint density at radius 1 is 1.28 bits per heavy atom. The summed E-state index contributed by atoms with van der Waals surface area (Å²) >= 11 is 0. The van der Waals surface area contributed by atoms with Gasteiger partial charge in [0.25, 0.3) is 0 Å². The average Bonchev–Trinajstić information content (AvgIpc) is 2.76. The van der Waals surface area contributed by atoms with Gasteiger partial charge in [-0.3, -0.25) is 0 Å².